The molecule has 1 unspecified atom stereocenters. The molecule has 3 nitrogen and oxygen atoms in total. The quantitative estimate of drug-likeness (QED) is 0.805. The monoisotopic (exact) mass is 373 g/mol. The summed E-state index contributed by atoms with van der Waals surface area (Å²) in [4.78, 5) is 13.1. The van der Waals surface area contributed by atoms with Gasteiger partial charge in [0.2, 0.25) is 0 Å². The second-order valence-corrected chi connectivity index (χ2v) is 6.55. The van der Waals surface area contributed by atoms with Gasteiger partial charge in [-0.05, 0) is 72.0 Å². The highest BCUT2D eigenvalue weighted by atomic mass is 127. The number of hydrogen-bond donors (Lipinski definition) is 1. The van der Waals surface area contributed by atoms with Crippen LogP contribution in [0.1, 0.15) is 31.2 Å². The van der Waals surface area contributed by atoms with Crippen molar-refractivity contribution in [2.45, 2.75) is 32.2 Å². The van der Waals surface area contributed by atoms with Crippen molar-refractivity contribution >= 4 is 28.6 Å². The van der Waals surface area contributed by atoms with Crippen LogP contribution in [0, 0.1) is 9.49 Å². The molecule has 1 aliphatic rings. The standard InChI is InChI=1S/C15H20INO2/c16-14-5-1-3-13(9-14)11-17-8-2-4-12(10-17)6-7-15(18)19/h1,3,5,9,12H,2,4,6-8,10-11H2,(H,18,19). The highest BCUT2D eigenvalue weighted by Crippen LogP contribution is 2.22. The number of rotatable bonds is 5. The van der Waals surface area contributed by atoms with Gasteiger partial charge in [0, 0.05) is 23.1 Å². The minimum atomic E-state index is -0.672. The third kappa shape index (κ3) is 5.10. The molecule has 0 aromatic heterocycles. The maximum Gasteiger partial charge on any atom is 0.303 e. The van der Waals surface area contributed by atoms with Crippen molar-refractivity contribution in [3.05, 3.63) is 33.4 Å². The van der Waals surface area contributed by atoms with Gasteiger partial charge in [-0.25, -0.2) is 0 Å². The van der Waals surface area contributed by atoms with Crippen molar-refractivity contribution < 1.29 is 9.90 Å². The molecule has 0 bridgehead atoms. The molecule has 1 atom stereocenters. The Balaban J connectivity index is 1.85. The average molecular weight is 373 g/mol. The van der Waals surface area contributed by atoms with E-state index in [0.29, 0.717) is 12.3 Å². The molecule has 1 heterocycles. The highest BCUT2D eigenvalue weighted by molar-refractivity contribution is 14.1. The van der Waals surface area contributed by atoms with E-state index in [4.69, 9.17) is 5.11 Å². The number of piperidine rings is 1. The Morgan fingerprint density at radius 1 is 1.47 bits per heavy atom. The fourth-order valence-corrected chi connectivity index (χ4v) is 3.36. The van der Waals surface area contributed by atoms with E-state index in [-0.39, 0.29) is 0 Å². The van der Waals surface area contributed by atoms with E-state index < -0.39 is 5.97 Å². The number of carbonyl (C=O) groups is 1. The Labute approximate surface area is 128 Å². The maximum atomic E-state index is 10.6. The van der Waals surface area contributed by atoms with Gasteiger partial charge in [-0.2, -0.15) is 0 Å². The molecule has 1 aliphatic heterocycles. The summed E-state index contributed by atoms with van der Waals surface area (Å²) in [6.45, 7) is 3.16. The van der Waals surface area contributed by atoms with E-state index in [9.17, 15) is 4.79 Å². The zero-order valence-electron chi connectivity index (χ0n) is 11.0. The van der Waals surface area contributed by atoms with Crippen molar-refractivity contribution in [2.24, 2.45) is 5.92 Å². The number of nitrogens with zero attached hydrogens (tertiary/aromatic N) is 1. The van der Waals surface area contributed by atoms with Crippen molar-refractivity contribution in [3.8, 4) is 0 Å². The van der Waals surface area contributed by atoms with Crippen LogP contribution in [-0.4, -0.2) is 29.1 Å². The number of halogens is 1. The molecule has 1 N–H and O–H groups in total. The van der Waals surface area contributed by atoms with Crippen LogP contribution >= 0.6 is 22.6 Å². The predicted octanol–water partition coefficient (Wildman–Crippen LogP) is 3.37. The van der Waals surface area contributed by atoms with E-state index in [2.05, 4.69) is 51.8 Å². The summed E-state index contributed by atoms with van der Waals surface area (Å²) in [5.41, 5.74) is 1.35. The van der Waals surface area contributed by atoms with Gasteiger partial charge in [-0.15, -0.1) is 0 Å². The fourth-order valence-electron chi connectivity index (χ4n) is 2.75. The molecule has 19 heavy (non-hydrogen) atoms. The number of carboxylic acids is 1. The van der Waals surface area contributed by atoms with Crippen LogP contribution in [0.2, 0.25) is 0 Å². The number of aliphatic carboxylic acids is 1. The highest BCUT2D eigenvalue weighted by Gasteiger charge is 2.20. The summed E-state index contributed by atoms with van der Waals surface area (Å²) in [6, 6.07) is 8.60. The molecule has 0 spiro atoms. The zero-order valence-corrected chi connectivity index (χ0v) is 13.2. The topological polar surface area (TPSA) is 40.5 Å². The molecule has 1 aromatic rings. The van der Waals surface area contributed by atoms with Crippen LogP contribution in [0.25, 0.3) is 0 Å². The third-order valence-corrected chi connectivity index (χ3v) is 4.34. The Morgan fingerprint density at radius 2 is 2.32 bits per heavy atom. The summed E-state index contributed by atoms with van der Waals surface area (Å²) < 4.78 is 1.27. The number of benzene rings is 1. The minimum Gasteiger partial charge on any atom is -0.481 e. The second-order valence-electron chi connectivity index (χ2n) is 5.31. The Hall–Kier alpha value is -0.620. The fraction of sp³-hybridized carbons (Fsp3) is 0.533. The van der Waals surface area contributed by atoms with Gasteiger partial charge >= 0.3 is 5.97 Å². The van der Waals surface area contributed by atoms with Gasteiger partial charge in [0.25, 0.3) is 0 Å². The van der Waals surface area contributed by atoms with Crippen LogP contribution in [0.5, 0.6) is 0 Å². The van der Waals surface area contributed by atoms with Crippen LogP contribution in [0.4, 0.5) is 0 Å². The predicted molar refractivity (Wildman–Crippen MR) is 84.0 cm³/mol. The van der Waals surface area contributed by atoms with Crippen LogP contribution in [-0.2, 0) is 11.3 Å². The van der Waals surface area contributed by atoms with Gasteiger partial charge in [-0.1, -0.05) is 12.1 Å². The van der Waals surface area contributed by atoms with Crippen molar-refractivity contribution in [3.63, 3.8) is 0 Å². The lowest BCUT2D eigenvalue weighted by Crippen LogP contribution is -2.35. The lowest BCUT2D eigenvalue weighted by Gasteiger charge is -2.32. The van der Waals surface area contributed by atoms with E-state index in [1.54, 1.807) is 0 Å². The summed E-state index contributed by atoms with van der Waals surface area (Å²) in [7, 11) is 0. The summed E-state index contributed by atoms with van der Waals surface area (Å²) in [6.07, 6.45) is 3.49. The van der Waals surface area contributed by atoms with Crippen molar-refractivity contribution in [2.75, 3.05) is 13.1 Å². The van der Waals surface area contributed by atoms with E-state index in [1.165, 1.54) is 22.0 Å². The zero-order chi connectivity index (χ0) is 13.7. The van der Waals surface area contributed by atoms with Crippen LogP contribution in [0.15, 0.2) is 24.3 Å². The molecule has 1 fully saturated rings. The second kappa shape index (κ2) is 7.24. The first kappa shape index (κ1) is 14.8. The summed E-state index contributed by atoms with van der Waals surface area (Å²) in [5, 5.41) is 8.76. The molecule has 1 saturated heterocycles. The van der Waals surface area contributed by atoms with Gasteiger partial charge in [0.15, 0.2) is 0 Å². The largest absolute Gasteiger partial charge is 0.481 e. The van der Waals surface area contributed by atoms with E-state index in [0.717, 1.165) is 26.1 Å². The minimum absolute atomic E-state index is 0.307. The number of likely N-dealkylation sites (tertiary alicyclic amines) is 1. The first-order valence-corrected chi connectivity index (χ1v) is 7.90. The van der Waals surface area contributed by atoms with Gasteiger partial charge in [0.1, 0.15) is 0 Å². The smallest absolute Gasteiger partial charge is 0.303 e. The average Bonchev–Trinajstić information content (AvgIpc) is 2.37. The van der Waals surface area contributed by atoms with Crippen molar-refractivity contribution in [1.29, 1.82) is 0 Å². The molecule has 0 radical (unpaired) electrons. The van der Waals surface area contributed by atoms with E-state index >= 15 is 0 Å². The molecule has 1 aromatic carbocycles. The molecule has 2 rings (SSSR count). The lowest BCUT2D eigenvalue weighted by atomic mass is 9.93. The SMILES string of the molecule is O=C(O)CCC1CCCN(Cc2cccc(I)c2)C1. The number of carboxylic acid groups (broad SMARTS) is 1. The first-order valence-electron chi connectivity index (χ1n) is 6.82. The Kier molecular flexibility index (Phi) is 5.63. The molecule has 0 aliphatic carbocycles. The summed E-state index contributed by atoms with van der Waals surface area (Å²) in [5.74, 6) is -0.123. The Bertz CT molecular complexity index is 436. The van der Waals surface area contributed by atoms with Gasteiger partial charge in [0.05, 0.1) is 0 Å². The first-order chi connectivity index (χ1) is 9.13. The van der Waals surface area contributed by atoms with Crippen LogP contribution in [0.3, 0.4) is 0 Å². The number of hydrogen-bond acceptors (Lipinski definition) is 2. The summed E-state index contributed by atoms with van der Waals surface area (Å²) >= 11 is 2.34. The molecule has 0 amide bonds. The molecule has 4 heteroatoms. The van der Waals surface area contributed by atoms with E-state index in [1.807, 2.05) is 0 Å². The van der Waals surface area contributed by atoms with Crippen LogP contribution < -0.4 is 0 Å². The molecular formula is C15H20INO2. The van der Waals surface area contributed by atoms with Crippen molar-refractivity contribution in [1.82, 2.24) is 4.90 Å². The molecule has 0 saturated carbocycles. The lowest BCUT2D eigenvalue weighted by molar-refractivity contribution is -0.137. The van der Waals surface area contributed by atoms with Gasteiger partial charge < -0.3 is 5.11 Å². The molecule has 104 valence electrons. The maximum absolute atomic E-state index is 10.6. The third-order valence-electron chi connectivity index (χ3n) is 3.66. The van der Waals surface area contributed by atoms with Gasteiger partial charge in [-0.3, -0.25) is 9.69 Å². The molecular weight excluding hydrogens is 353 g/mol. The normalized spacial score (nSPS) is 20.4. The Morgan fingerprint density at radius 3 is 3.05 bits per heavy atom.